The van der Waals surface area contributed by atoms with Gasteiger partial charge in [0.15, 0.2) is 23.9 Å². The van der Waals surface area contributed by atoms with Crippen LogP contribution in [0.25, 0.3) is 0 Å². The second-order valence-corrected chi connectivity index (χ2v) is 8.31. The van der Waals surface area contributed by atoms with Gasteiger partial charge in [0, 0.05) is 23.3 Å². The highest BCUT2D eigenvalue weighted by atomic mass is 16.5. The lowest BCUT2D eigenvalue weighted by molar-refractivity contribution is -0.139. The number of ether oxygens (including phenoxy) is 3. The quantitative estimate of drug-likeness (QED) is 0.529. The van der Waals surface area contributed by atoms with Gasteiger partial charge in [0.25, 0.3) is 0 Å². The Morgan fingerprint density at radius 3 is 2.69 bits per heavy atom. The molecule has 2 heterocycles. The number of anilines is 1. The van der Waals surface area contributed by atoms with Gasteiger partial charge in [-0.3, -0.25) is 4.79 Å². The maximum absolute atomic E-state index is 13.6. The molecule has 35 heavy (non-hydrogen) atoms. The van der Waals surface area contributed by atoms with Crippen LogP contribution in [0.1, 0.15) is 35.9 Å². The number of carbonyl (C=O) groups excluding carboxylic acids is 1. The highest BCUT2D eigenvalue weighted by Gasteiger charge is 2.40. The number of rotatable bonds is 7. The van der Waals surface area contributed by atoms with Gasteiger partial charge in [-0.15, -0.1) is 0 Å². The van der Waals surface area contributed by atoms with Crippen molar-refractivity contribution in [3.05, 3.63) is 71.2 Å². The van der Waals surface area contributed by atoms with E-state index in [1.54, 1.807) is 31.0 Å². The number of fused-ring (bicyclic) bond motifs is 1. The minimum absolute atomic E-state index is 0.0299. The van der Waals surface area contributed by atoms with Crippen LogP contribution in [0.2, 0.25) is 0 Å². The highest BCUT2D eigenvalue weighted by molar-refractivity contribution is 6.00. The molecular formula is C25H24N4O6. The summed E-state index contributed by atoms with van der Waals surface area (Å²) >= 11 is 0. The SMILES string of the molecule is COc1ccc(C2CC(=O)C3=C(C2)Nc2ncnn2C3c2ccccc2OCC(=O)O)cc1OC. The first kappa shape index (κ1) is 22.5. The number of carboxylic acid groups (broad SMARTS) is 1. The Hall–Kier alpha value is -4.34. The zero-order chi connectivity index (χ0) is 24.5. The van der Waals surface area contributed by atoms with Gasteiger partial charge in [-0.1, -0.05) is 24.3 Å². The topological polar surface area (TPSA) is 125 Å². The van der Waals surface area contributed by atoms with Crippen molar-refractivity contribution in [3.63, 3.8) is 0 Å². The number of nitrogens with one attached hydrogen (secondary N) is 1. The first-order valence-corrected chi connectivity index (χ1v) is 11.1. The van der Waals surface area contributed by atoms with Crippen molar-refractivity contribution in [2.75, 3.05) is 26.1 Å². The summed E-state index contributed by atoms with van der Waals surface area (Å²) in [6.07, 6.45) is 2.30. The average Bonchev–Trinajstić information content (AvgIpc) is 3.34. The first-order chi connectivity index (χ1) is 17.0. The van der Waals surface area contributed by atoms with Crippen molar-refractivity contribution < 1.29 is 28.9 Å². The van der Waals surface area contributed by atoms with Gasteiger partial charge in [0.05, 0.1) is 14.2 Å². The molecule has 2 atom stereocenters. The third-order valence-electron chi connectivity index (χ3n) is 6.31. The molecule has 2 aliphatic rings. The van der Waals surface area contributed by atoms with E-state index >= 15 is 0 Å². The van der Waals surface area contributed by atoms with E-state index in [0.29, 0.717) is 47.2 Å². The van der Waals surface area contributed by atoms with Crippen LogP contribution in [0, 0.1) is 0 Å². The molecule has 0 saturated carbocycles. The second-order valence-electron chi connectivity index (χ2n) is 8.31. The van der Waals surface area contributed by atoms with Crippen molar-refractivity contribution in [2.24, 2.45) is 0 Å². The number of nitrogens with zero attached hydrogens (tertiary/aromatic N) is 3. The Morgan fingerprint density at radius 2 is 1.91 bits per heavy atom. The van der Waals surface area contributed by atoms with E-state index < -0.39 is 18.6 Å². The van der Waals surface area contributed by atoms with Crippen LogP contribution < -0.4 is 19.5 Å². The Kier molecular flexibility index (Phi) is 5.86. The summed E-state index contributed by atoms with van der Waals surface area (Å²) in [5.41, 5.74) is 2.95. The molecule has 10 heteroatoms. The molecule has 2 unspecified atom stereocenters. The zero-order valence-electron chi connectivity index (χ0n) is 19.2. The fourth-order valence-electron chi connectivity index (χ4n) is 4.76. The summed E-state index contributed by atoms with van der Waals surface area (Å²) in [6.45, 7) is -0.493. The van der Waals surface area contributed by atoms with Crippen LogP contribution >= 0.6 is 0 Å². The number of Topliss-reactive ketones (excluding diaryl/α,β-unsaturated/α-hetero) is 1. The van der Waals surface area contributed by atoms with Gasteiger partial charge < -0.3 is 24.6 Å². The number of carbonyl (C=O) groups is 2. The van der Waals surface area contributed by atoms with Crippen LogP contribution in [-0.2, 0) is 9.59 Å². The number of hydrogen-bond acceptors (Lipinski definition) is 8. The van der Waals surface area contributed by atoms with Crippen molar-refractivity contribution in [1.29, 1.82) is 0 Å². The van der Waals surface area contributed by atoms with Crippen LogP contribution in [0.15, 0.2) is 60.1 Å². The van der Waals surface area contributed by atoms with E-state index in [2.05, 4.69) is 15.4 Å². The molecule has 3 aromatic rings. The van der Waals surface area contributed by atoms with Gasteiger partial charge in [-0.05, 0) is 36.1 Å². The van der Waals surface area contributed by atoms with Crippen LogP contribution in [0.3, 0.4) is 0 Å². The first-order valence-electron chi connectivity index (χ1n) is 11.1. The van der Waals surface area contributed by atoms with E-state index in [-0.39, 0.29) is 11.7 Å². The Balaban J connectivity index is 1.55. The van der Waals surface area contributed by atoms with E-state index in [4.69, 9.17) is 19.3 Å². The van der Waals surface area contributed by atoms with Crippen molar-refractivity contribution in [2.45, 2.75) is 24.8 Å². The number of hydrogen-bond donors (Lipinski definition) is 2. The van der Waals surface area contributed by atoms with E-state index in [9.17, 15) is 9.59 Å². The maximum atomic E-state index is 13.6. The molecule has 1 aliphatic heterocycles. The molecule has 10 nitrogen and oxygen atoms in total. The fourth-order valence-corrected chi connectivity index (χ4v) is 4.76. The molecule has 0 amide bonds. The molecule has 0 spiro atoms. The summed E-state index contributed by atoms with van der Waals surface area (Å²) in [5, 5.41) is 16.7. The standard InChI is InChI=1S/C25H24N4O6/c1-33-20-8-7-14(11-21(20)34-2)15-9-17-23(18(30)10-15)24(29-25(28-17)26-13-27-29)16-5-3-4-6-19(16)35-12-22(31)32/h3-8,11,13,15,24H,9-10,12H2,1-2H3,(H,31,32)(H,26,27,28). The molecular weight excluding hydrogens is 452 g/mol. The van der Waals surface area contributed by atoms with Crippen LogP contribution in [-0.4, -0.2) is 52.5 Å². The van der Waals surface area contributed by atoms with Crippen LogP contribution in [0.5, 0.6) is 17.2 Å². The van der Waals surface area contributed by atoms with E-state index in [1.165, 1.54) is 6.33 Å². The molecule has 1 aromatic heterocycles. The van der Waals surface area contributed by atoms with Gasteiger partial charge in [0.1, 0.15) is 18.1 Å². The maximum Gasteiger partial charge on any atom is 0.341 e. The third-order valence-corrected chi connectivity index (χ3v) is 6.31. The molecule has 5 rings (SSSR count). The van der Waals surface area contributed by atoms with Gasteiger partial charge in [0.2, 0.25) is 5.95 Å². The molecule has 0 bridgehead atoms. The number of benzene rings is 2. The lowest BCUT2D eigenvalue weighted by Gasteiger charge is -2.35. The monoisotopic (exact) mass is 476 g/mol. The summed E-state index contributed by atoms with van der Waals surface area (Å²) in [7, 11) is 3.16. The summed E-state index contributed by atoms with van der Waals surface area (Å²) < 4.78 is 18.0. The zero-order valence-corrected chi connectivity index (χ0v) is 19.2. The number of methoxy groups -OCH3 is 2. The fraction of sp³-hybridized carbons (Fsp3) is 0.280. The van der Waals surface area contributed by atoms with E-state index in [0.717, 1.165) is 11.3 Å². The molecule has 1 aliphatic carbocycles. The average molecular weight is 476 g/mol. The van der Waals surface area contributed by atoms with Crippen molar-refractivity contribution in [3.8, 4) is 17.2 Å². The number of aromatic nitrogens is 3. The Labute approximate surface area is 201 Å². The smallest absolute Gasteiger partial charge is 0.341 e. The van der Waals surface area contributed by atoms with Crippen molar-refractivity contribution in [1.82, 2.24) is 14.8 Å². The minimum atomic E-state index is -1.09. The normalized spacial score (nSPS) is 18.9. The molecule has 0 radical (unpaired) electrons. The van der Waals surface area contributed by atoms with Gasteiger partial charge >= 0.3 is 5.97 Å². The summed E-state index contributed by atoms with van der Waals surface area (Å²) in [4.78, 5) is 29.1. The molecule has 0 saturated heterocycles. The summed E-state index contributed by atoms with van der Waals surface area (Å²) in [6, 6.07) is 12.2. The van der Waals surface area contributed by atoms with Crippen LogP contribution in [0.4, 0.5) is 5.95 Å². The summed E-state index contributed by atoms with van der Waals surface area (Å²) in [5.74, 6) is 0.932. The van der Waals surface area contributed by atoms with Crippen molar-refractivity contribution >= 4 is 17.7 Å². The van der Waals surface area contributed by atoms with Gasteiger partial charge in [-0.2, -0.15) is 10.1 Å². The van der Waals surface area contributed by atoms with E-state index in [1.807, 2.05) is 30.3 Å². The number of carboxylic acids is 1. The number of ketones is 1. The molecule has 2 N–H and O–H groups in total. The number of para-hydroxylation sites is 1. The lowest BCUT2D eigenvalue weighted by Crippen LogP contribution is -2.33. The number of aliphatic carboxylic acids is 1. The Morgan fingerprint density at radius 1 is 1.11 bits per heavy atom. The lowest BCUT2D eigenvalue weighted by atomic mass is 9.77. The second kappa shape index (κ2) is 9.13. The Bertz CT molecular complexity index is 1330. The van der Waals surface area contributed by atoms with Gasteiger partial charge in [-0.25, -0.2) is 9.48 Å². The predicted molar refractivity (Wildman–Crippen MR) is 125 cm³/mol. The minimum Gasteiger partial charge on any atom is -0.493 e. The molecule has 2 aromatic carbocycles. The largest absolute Gasteiger partial charge is 0.493 e. The molecule has 180 valence electrons. The third kappa shape index (κ3) is 4.07. The number of allylic oxidation sites excluding steroid dienone is 2. The highest BCUT2D eigenvalue weighted by Crippen LogP contribution is 2.46. The molecule has 0 fully saturated rings. The predicted octanol–water partition coefficient (Wildman–Crippen LogP) is 3.17.